The van der Waals surface area contributed by atoms with E-state index in [0.29, 0.717) is 6.04 Å². The predicted molar refractivity (Wildman–Crippen MR) is 70.9 cm³/mol. The molecule has 0 amide bonds. The number of hydrogen-bond donors (Lipinski definition) is 1. The van der Waals surface area contributed by atoms with Crippen LogP contribution in [0.5, 0.6) is 5.75 Å². The zero-order valence-electron chi connectivity index (χ0n) is 9.77. The zero-order chi connectivity index (χ0) is 11.7. The standard InChI is InChI=1S/C14H15NOS/c1-16-11-5-4-10-6-7-15-14(12(10)9-11)13-3-2-8-17-13/h2-5,8-9,14-15H,6-7H2,1H3. The van der Waals surface area contributed by atoms with Gasteiger partial charge in [-0.1, -0.05) is 12.1 Å². The van der Waals surface area contributed by atoms with Gasteiger partial charge in [0.1, 0.15) is 5.75 Å². The molecule has 0 saturated carbocycles. The molecule has 17 heavy (non-hydrogen) atoms. The fourth-order valence-electron chi connectivity index (χ4n) is 2.37. The van der Waals surface area contributed by atoms with Crippen molar-refractivity contribution in [2.75, 3.05) is 13.7 Å². The second-order valence-electron chi connectivity index (χ2n) is 4.22. The van der Waals surface area contributed by atoms with Crippen LogP contribution in [-0.4, -0.2) is 13.7 Å². The fourth-order valence-corrected chi connectivity index (χ4v) is 3.18. The summed E-state index contributed by atoms with van der Waals surface area (Å²) in [6, 6.07) is 11.0. The van der Waals surface area contributed by atoms with Crippen molar-refractivity contribution in [3.8, 4) is 5.75 Å². The number of benzene rings is 1. The monoisotopic (exact) mass is 245 g/mol. The van der Waals surface area contributed by atoms with E-state index in [-0.39, 0.29) is 0 Å². The third-order valence-electron chi connectivity index (χ3n) is 3.23. The molecule has 0 bridgehead atoms. The zero-order valence-corrected chi connectivity index (χ0v) is 10.6. The molecule has 88 valence electrons. The van der Waals surface area contributed by atoms with Crippen LogP contribution in [-0.2, 0) is 6.42 Å². The number of thiophene rings is 1. The largest absolute Gasteiger partial charge is 0.497 e. The molecule has 2 nitrogen and oxygen atoms in total. The number of hydrogen-bond acceptors (Lipinski definition) is 3. The van der Waals surface area contributed by atoms with E-state index in [1.165, 1.54) is 16.0 Å². The molecule has 3 heteroatoms. The van der Waals surface area contributed by atoms with Gasteiger partial charge in [0.05, 0.1) is 13.2 Å². The second kappa shape index (κ2) is 4.51. The first-order chi connectivity index (χ1) is 8.38. The van der Waals surface area contributed by atoms with Crippen molar-refractivity contribution in [3.05, 3.63) is 51.7 Å². The lowest BCUT2D eigenvalue weighted by molar-refractivity contribution is 0.412. The Morgan fingerprint density at radius 1 is 1.35 bits per heavy atom. The van der Waals surface area contributed by atoms with E-state index in [2.05, 4.69) is 41.0 Å². The minimum absolute atomic E-state index is 0.328. The summed E-state index contributed by atoms with van der Waals surface area (Å²) in [7, 11) is 1.72. The van der Waals surface area contributed by atoms with E-state index in [4.69, 9.17) is 4.74 Å². The normalized spacial score (nSPS) is 18.8. The Morgan fingerprint density at radius 3 is 3.06 bits per heavy atom. The lowest BCUT2D eigenvalue weighted by Gasteiger charge is -2.26. The average molecular weight is 245 g/mol. The molecule has 3 rings (SSSR count). The molecule has 1 unspecified atom stereocenters. The number of nitrogens with one attached hydrogen (secondary N) is 1. The van der Waals surface area contributed by atoms with Crippen molar-refractivity contribution in [2.24, 2.45) is 0 Å². The number of methoxy groups -OCH3 is 1. The molecule has 0 saturated heterocycles. The van der Waals surface area contributed by atoms with Crippen molar-refractivity contribution < 1.29 is 4.74 Å². The number of rotatable bonds is 2. The molecule has 1 aromatic heterocycles. The lowest BCUT2D eigenvalue weighted by atomic mass is 9.93. The van der Waals surface area contributed by atoms with Crippen LogP contribution in [0.15, 0.2) is 35.7 Å². The molecule has 0 radical (unpaired) electrons. The van der Waals surface area contributed by atoms with Gasteiger partial charge in [-0.2, -0.15) is 0 Å². The maximum Gasteiger partial charge on any atom is 0.119 e. The highest BCUT2D eigenvalue weighted by Gasteiger charge is 2.22. The molecular weight excluding hydrogens is 230 g/mol. The Kier molecular flexibility index (Phi) is 2.87. The van der Waals surface area contributed by atoms with Gasteiger partial charge in [0.25, 0.3) is 0 Å². The molecule has 1 aliphatic rings. The van der Waals surface area contributed by atoms with Gasteiger partial charge in [-0.25, -0.2) is 0 Å². The summed E-state index contributed by atoms with van der Waals surface area (Å²) < 4.78 is 5.32. The molecule has 1 aliphatic heterocycles. The highest BCUT2D eigenvalue weighted by Crippen LogP contribution is 2.33. The Balaban J connectivity index is 2.06. The van der Waals surface area contributed by atoms with Gasteiger partial charge >= 0.3 is 0 Å². The summed E-state index contributed by atoms with van der Waals surface area (Å²) in [6.45, 7) is 1.04. The van der Waals surface area contributed by atoms with E-state index >= 15 is 0 Å². The first-order valence-electron chi connectivity index (χ1n) is 5.82. The fraction of sp³-hybridized carbons (Fsp3) is 0.286. The van der Waals surface area contributed by atoms with Crippen molar-refractivity contribution in [1.82, 2.24) is 5.32 Å². The smallest absolute Gasteiger partial charge is 0.119 e. The summed E-state index contributed by atoms with van der Waals surface area (Å²) in [5.74, 6) is 0.939. The van der Waals surface area contributed by atoms with Crippen molar-refractivity contribution in [3.63, 3.8) is 0 Å². The Morgan fingerprint density at radius 2 is 2.29 bits per heavy atom. The van der Waals surface area contributed by atoms with Crippen LogP contribution < -0.4 is 10.1 Å². The predicted octanol–water partition coefficient (Wildman–Crippen LogP) is 2.99. The Labute approximate surface area is 105 Å². The lowest BCUT2D eigenvalue weighted by Crippen LogP contribution is -2.29. The van der Waals surface area contributed by atoms with Crippen LogP contribution in [0.3, 0.4) is 0 Å². The summed E-state index contributed by atoms with van der Waals surface area (Å²) in [6.07, 6.45) is 1.10. The third kappa shape index (κ3) is 1.96. The van der Waals surface area contributed by atoms with Gasteiger partial charge < -0.3 is 10.1 Å². The summed E-state index contributed by atoms with van der Waals surface area (Å²) in [5, 5.41) is 5.71. The molecule has 0 fully saturated rings. The molecule has 2 heterocycles. The second-order valence-corrected chi connectivity index (χ2v) is 5.20. The van der Waals surface area contributed by atoms with Gasteiger partial charge in [0.2, 0.25) is 0 Å². The van der Waals surface area contributed by atoms with E-state index in [0.717, 1.165) is 18.7 Å². The average Bonchev–Trinajstić information content (AvgIpc) is 2.91. The maximum absolute atomic E-state index is 5.32. The number of fused-ring (bicyclic) bond motifs is 1. The minimum Gasteiger partial charge on any atom is -0.497 e. The van der Waals surface area contributed by atoms with Gasteiger partial charge in [-0.15, -0.1) is 11.3 Å². The topological polar surface area (TPSA) is 21.3 Å². The maximum atomic E-state index is 5.32. The molecule has 1 aromatic carbocycles. The van der Waals surface area contributed by atoms with E-state index in [9.17, 15) is 0 Å². The number of ether oxygens (including phenoxy) is 1. The van der Waals surface area contributed by atoms with Crippen molar-refractivity contribution in [2.45, 2.75) is 12.5 Å². The first kappa shape index (κ1) is 10.8. The summed E-state index contributed by atoms with van der Waals surface area (Å²) >= 11 is 1.80. The SMILES string of the molecule is COc1ccc2c(c1)C(c1cccs1)NCC2. The van der Waals surface area contributed by atoms with E-state index < -0.39 is 0 Å². The van der Waals surface area contributed by atoms with Gasteiger partial charge in [0.15, 0.2) is 0 Å². The van der Waals surface area contributed by atoms with Crippen LogP contribution in [0.25, 0.3) is 0 Å². The van der Waals surface area contributed by atoms with Crippen molar-refractivity contribution >= 4 is 11.3 Å². The van der Waals surface area contributed by atoms with Crippen LogP contribution >= 0.6 is 11.3 Å². The Hall–Kier alpha value is -1.32. The van der Waals surface area contributed by atoms with Gasteiger partial charge in [-0.05, 0) is 41.1 Å². The third-order valence-corrected chi connectivity index (χ3v) is 4.17. The molecule has 2 aromatic rings. The quantitative estimate of drug-likeness (QED) is 0.878. The highest BCUT2D eigenvalue weighted by molar-refractivity contribution is 7.10. The van der Waals surface area contributed by atoms with Crippen LogP contribution in [0.2, 0.25) is 0 Å². The van der Waals surface area contributed by atoms with Crippen molar-refractivity contribution in [1.29, 1.82) is 0 Å². The summed E-state index contributed by atoms with van der Waals surface area (Å²) in [4.78, 5) is 1.37. The molecule has 0 spiro atoms. The minimum atomic E-state index is 0.328. The van der Waals surface area contributed by atoms with Gasteiger partial charge in [-0.3, -0.25) is 0 Å². The summed E-state index contributed by atoms with van der Waals surface area (Å²) in [5.41, 5.74) is 2.79. The molecule has 0 aliphatic carbocycles. The van der Waals surface area contributed by atoms with Crippen LogP contribution in [0.4, 0.5) is 0 Å². The van der Waals surface area contributed by atoms with Crippen LogP contribution in [0, 0.1) is 0 Å². The molecular formula is C14H15NOS. The van der Waals surface area contributed by atoms with E-state index in [1.807, 2.05) is 0 Å². The van der Waals surface area contributed by atoms with Gasteiger partial charge in [0, 0.05) is 11.4 Å². The molecule has 1 N–H and O–H groups in total. The highest BCUT2D eigenvalue weighted by atomic mass is 32.1. The Bertz CT molecular complexity index is 507. The van der Waals surface area contributed by atoms with E-state index in [1.54, 1.807) is 18.4 Å². The molecule has 1 atom stereocenters. The van der Waals surface area contributed by atoms with Crippen LogP contribution in [0.1, 0.15) is 22.0 Å². The first-order valence-corrected chi connectivity index (χ1v) is 6.70.